The third kappa shape index (κ3) is 5.90. The van der Waals surface area contributed by atoms with E-state index in [1.807, 2.05) is 25.7 Å². The maximum absolute atomic E-state index is 13.1. The molecule has 1 saturated heterocycles. The van der Waals surface area contributed by atoms with Crippen molar-refractivity contribution in [3.05, 3.63) is 24.0 Å². The van der Waals surface area contributed by atoms with Crippen LogP contribution in [0.2, 0.25) is 0 Å². The molecule has 1 fully saturated rings. The Morgan fingerprint density at radius 1 is 1.24 bits per heavy atom. The number of nitrogens with zero attached hydrogens (tertiary/aromatic N) is 2. The van der Waals surface area contributed by atoms with Gasteiger partial charge in [0, 0.05) is 31.9 Å². The zero-order chi connectivity index (χ0) is 18.6. The van der Waals surface area contributed by atoms with Crippen molar-refractivity contribution in [3.63, 3.8) is 0 Å². The standard InChI is InChI=1S/C17H25FN4O3/c1-17(2,3)25-16(24)22-8-6-21(7-9-22)11-15(23)20-12-4-5-13(18)14(19)10-12/h4-5,10H,6-9,11,19H2,1-3H3,(H,20,23). The van der Waals surface area contributed by atoms with Crippen molar-refractivity contribution in [2.75, 3.05) is 43.8 Å². The molecule has 0 saturated carbocycles. The number of carbonyl (C=O) groups excluding carboxylic acids is 2. The number of hydrogen-bond donors (Lipinski definition) is 2. The summed E-state index contributed by atoms with van der Waals surface area (Å²) in [4.78, 5) is 27.7. The van der Waals surface area contributed by atoms with Crippen molar-refractivity contribution in [2.45, 2.75) is 26.4 Å². The predicted octanol–water partition coefficient (Wildman–Crippen LogP) is 1.90. The lowest BCUT2D eigenvalue weighted by molar-refractivity contribution is -0.117. The van der Waals surface area contributed by atoms with Gasteiger partial charge < -0.3 is 20.7 Å². The zero-order valence-electron chi connectivity index (χ0n) is 14.8. The molecule has 0 radical (unpaired) electrons. The molecule has 1 heterocycles. The van der Waals surface area contributed by atoms with Gasteiger partial charge in [0.1, 0.15) is 11.4 Å². The molecule has 138 valence electrons. The molecule has 2 amide bonds. The van der Waals surface area contributed by atoms with Crippen LogP contribution in [-0.2, 0) is 9.53 Å². The number of carbonyl (C=O) groups is 2. The van der Waals surface area contributed by atoms with E-state index in [0.717, 1.165) is 0 Å². The van der Waals surface area contributed by atoms with Gasteiger partial charge in [0.25, 0.3) is 0 Å². The first-order valence-electron chi connectivity index (χ1n) is 8.19. The van der Waals surface area contributed by atoms with Gasteiger partial charge in [0.05, 0.1) is 12.2 Å². The quantitative estimate of drug-likeness (QED) is 0.811. The summed E-state index contributed by atoms with van der Waals surface area (Å²) < 4.78 is 18.5. The molecular formula is C17H25FN4O3. The molecule has 0 spiro atoms. The fourth-order valence-corrected chi connectivity index (χ4v) is 2.44. The number of halogens is 1. The van der Waals surface area contributed by atoms with Crippen molar-refractivity contribution >= 4 is 23.4 Å². The van der Waals surface area contributed by atoms with Crippen molar-refractivity contribution in [2.24, 2.45) is 0 Å². The number of amides is 2. The van der Waals surface area contributed by atoms with Crippen LogP contribution in [0.4, 0.5) is 20.6 Å². The highest BCUT2D eigenvalue weighted by Crippen LogP contribution is 2.16. The highest BCUT2D eigenvalue weighted by Gasteiger charge is 2.26. The maximum Gasteiger partial charge on any atom is 0.410 e. The van der Waals surface area contributed by atoms with Crippen LogP contribution in [-0.4, -0.2) is 60.1 Å². The number of rotatable bonds is 3. The minimum Gasteiger partial charge on any atom is -0.444 e. The van der Waals surface area contributed by atoms with Gasteiger partial charge in [-0.1, -0.05) is 0 Å². The molecule has 0 aliphatic carbocycles. The Bertz CT molecular complexity index is 637. The van der Waals surface area contributed by atoms with E-state index in [4.69, 9.17) is 10.5 Å². The molecule has 8 heteroatoms. The number of nitrogens with two attached hydrogens (primary N) is 1. The predicted molar refractivity (Wildman–Crippen MR) is 93.7 cm³/mol. The number of hydrogen-bond acceptors (Lipinski definition) is 5. The second-order valence-electron chi connectivity index (χ2n) is 7.03. The Labute approximate surface area is 146 Å². The average Bonchev–Trinajstić information content (AvgIpc) is 2.50. The Morgan fingerprint density at radius 3 is 2.44 bits per heavy atom. The average molecular weight is 352 g/mol. The first-order chi connectivity index (χ1) is 11.6. The first-order valence-corrected chi connectivity index (χ1v) is 8.19. The van der Waals surface area contributed by atoms with Gasteiger partial charge >= 0.3 is 6.09 Å². The number of ether oxygens (including phenoxy) is 1. The molecule has 0 aromatic heterocycles. The van der Waals surface area contributed by atoms with Crippen molar-refractivity contribution in [1.82, 2.24) is 9.80 Å². The third-order valence-electron chi connectivity index (χ3n) is 3.67. The summed E-state index contributed by atoms with van der Waals surface area (Å²) in [6.45, 7) is 7.85. The van der Waals surface area contributed by atoms with E-state index in [1.165, 1.54) is 18.2 Å². The van der Waals surface area contributed by atoms with Crippen molar-refractivity contribution < 1.29 is 18.7 Å². The lowest BCUT2D eigenvalue weighted by Crippen LogP contribution is -2.51. The van der Waals surface area contributed by atoms with E-state index in [2.05, 4.69) is 5.32 Å². The van der Waals surface area contributed by atoms with Crippen LogP contribution in [0.25, 0.3) is 0 Å². The van der Waals surface area contributed by atoms with Crippen LogP contribution in [0.5, 0.6) is 0 Å². The van der Waals surface area contributed by atoms with Gasteiger partial charge in [-0.05, 0) is 39.0 Å². The smallest absolute Gasteiger partial charge is 0.410 e. The van der Waals surface area contributed by atoms with Gasteiger partial charge in [0.15, 0.2) is 0 Å². The molecule has 1 aliphatic rings. The van der Waals surface area contributed by atoms with Crippen LogP contribution in [0.15, 0.2) is 18.2 Å². The molecule has 1 aromatic carbocycles. The Morgan fingerprint density at radius 2 is 1.88 bits per heavy atom. The molecule has 0 atom stereocenters. The summed E-state index contributed by atoms with van der Waals surface area (Å²) in [5.41, 5.74) is 5.40. The van der Waals surface area contributed by atoms with Gasteiger partial charge in [0.2, 0.25) is 5.91 Å². The Balaban J connectivity index is 1.78. The van der Waals surface area contributed by atoms with E-state index < -0.39 is 11.4 Å². The van der Waals surface area contributed by atoms with Crippen LogP contribution in [0.1, 0.15) is 20.8 Å². The topological polar surface area (TPSA) is 87.9 Å². The fraction of sp³-hybridized carbons (Fsp3) is 0.529. The number of nitrogen functional groups attached to an aromatic ring is 1. The summed E-state index contributed by atoms with van der Waals surface area (Å²) >= 11 is 0. The normalized spacial score (nSPS) is 15.8. The molecule has 25 heavy (non-hydrogen) atoms. The van der Waals surface area contributed by atoms with E-state index in [0.29, 0.717) is 31.9 Å². The Hall–Kier alpha value is -2.35. The second kappa shape index (κ2) is 7.69. The number of nitrogens with one attached hydrogen (secondary N) is 1. The largest absolute Gasteiger partial charge is 0.444 e. The molecule has 0 unspecified atom stereocenters. The summed E-state index contributed by atoms with van der Waals surface area (Å²) in [6, 6.07) is 4.06. The lowest BCUT2D eigenvalue weighted by Gasteiger charge is -2.35. The van der Waals surface area contributed by atoms with Gasteiger partial charge in [-0.25, -0.2) is 9.18 Å². The molecular weight excluding hydrogens is 327 g/mol. The zero-order valence-corrected chi connectivity index (χ0v) is 14.8. The highest BCUT2D eigenvalue weighted by atomic mass is 19.1. The monoisotopic (exact) mass is 352 g/mol. The second-order valence-corrected chi connectivity index (χ2v) is 7.03. The fourth-order valence-electron chi connectivity index (χ4n) is 2.44. The number of benzene rings is 1. The van der Waals surface area contributed by atoms with E-state index in [1.54, 1.807) is 4.90 Å². The van der Waals surface area contributed by atoms with E-state index >= 15 is 0 Å². The van der Waals surface area contributed by atoms with Gasteiger partial charge in [-0.3, -0.25) is 9.69 Å². The van der Waals surface area contributed by atoms with Gasteiger partial charge in [-0.2, -0.15) is 0 Å². The molecule has 1 aliphatic heterocycles. The van der Waals surface area contributed by atoms with Gasteiger partial charge in [-0.15, -0.1) is 0 Å². The van der Waals surface area contributed by atoms with Crippen LogP contribution >= 0.6 is 0 Å². The number of anilines is 2. The molecule has 7 nitrogen and oxygen atoms in total. The van der Waals surface area contributed by atoms with E-state index in [9.17, 15) is 14.0 Å². The van der Waals surface area contributed by atoms with E-state index in [-0.39, 0.29) is 24.2 Å². The maximum atomic E-state index is 13.1. The van der Waals surface area contributed by atoms with Crippen LogP contribution in [0, 0.1) is 5.82 Å². The summed E-state index contributed by atoms with van der Waals surface area (Å²) in [7, 11) is 0. The SMILES string of the molecule is CC(C)(C)OC(=O)N1CCN(CC(=O)Nc2ccc(F)c(N)c2)CC1. The summed E-state index contributed by atoms with van der Waals surface area (Å²) in [6.07, 6.45) is -0.335. The highest BCUT2D eigenvalue weighted by molar-refractivity contribution is 5.92. The van der Waals surface area contributed by atoms with Crippen molar-refractivity contribution in [1.29, 1.82) is 0 Å². The first kappa shape index (κ1) is 19.0. The Kier molecular flexibility index (Phi) is 5.84. The van der Waals surface area contributed by atoms with Crippen LogP contribution in [0.3, 0.4) is 0 Å². The molecule has 1 aromatic rings. The molecule has 0 bridgehead atoms. The lowest BCUT2D eigenvalue weighted by atomic mass is 10.2. The summed E-state index contributed by atoms with van der Waals surface area (Å²) in [5, 5.41) is 2.69. The third-order valence-corrected chi connectivity index (χ3v) is 3.67. The number of piperazine rings is 1. The minimum absolute atomic E-state index is 0.0104. The molecule has 2 rings (SSSR count). The summed E-state index contributed by atoms with van der Waals surface area (Å²) in [5.74, 6) is -0.729. The van der Waals surface area contributed by atoms with Crippen molar-refractivity contribution in [3.8, 4) is 0 Å². The molecule has 3 N–H and O–H groups in total. The van der Waals surface area contributed by atoms with Crippen LogP contribution < -0.4 is 11.1 Å². The minimum atomic E-state index is -0.523.